The van der Waals surface area contributed by atoms with E-state index in [1.807, 2.05) is 6.26 Å². The molecule has 0 unspecified atom stereocenters. The molecule has 3 amide bonds. The monoisotopic (exact) mass is 236 g/mol. The number of hydrogen-bond donors (Lipinski definition) is 2. The van der Waals surface area contributed by atoms with Crippen molar-refractivity contribution in [1.29, 1.82) is 0 Å². The van der Waals surface area contributed by atoms with Crippen LogP contribution in [-0.4, -0.2) is 35.4 Å². The summed E-state index contributed by atoms with van der Waals surface area (Å²) in [5.41, 5.74) is 0. The van der Waals surface area contributed by atoms with Crippen LogP contribution in [0.1, 0.15) is 12.8 Å². The first-order valence-electron chi connectivity index (χ1n) is 4.31. The van der Waals surface area contributed by atoms with Gasteiger partial charge in [-0.15, -0.1) is 11.6 Å². The lowest BCUT2D eigenvalue weighted by atomic mass is 10.4. The summed E-state index contributed by atoms with van der Waals surface area (Å²) in [7, 11) is 0. The van der Waals surface area contributed by atoms with Gasteiger partial charge in [-0.2, -0.15) is 11.8 Å². The van der Waals surface area contributed by atoms with Gasteiger partial charge in [0.2, 0.25) is 5.91 Å². The maximum absolute atomic E-state index is 11.1. The molecule has 0 spiro atoms. The first-order valence-corrected chi connectivity index (χ1v) is 6.06. The van der Waals surface area contributed by atoms with Gasteiger partial charge in [-0.25, -0.2) is 4.79 Å². The highest BCUT2D eigenvalue weighted by molar-refractivity contribution is 8.00. The number of alkyl halides is 1. The summed E-state index contributed by atoms with van der Waals surface area (Å²) >= 11 is 6.98. The molecule has 6 heteroatoms. The van der Waals surface area contributed by atoms with Gasteiger partial charge in [0.05, 0.1) is 0 Å². The SMILES string of the molecule is CSC1(CNC(=O)NC(=O)CCl)CC1. The van der Waals surface area contributed by atoms with E-state index in [-0.39, 0.29) is 10.6 Å². The molecule has 80 valence electrons. The Balaban J connectivity index is 2.18. The van der Waals surface area contributed by atoms with Crippen LogP contribution < -0.4 is 10.6 Å². The van der Waals surface area contributed by atoms with Gasteiger partial charge in [0.15, 0.2) is 0 Å². The molecule has 0 heterocycles. The van der Waals surface area contributed by atoms with Crippen molar-refractivity contribution in [3.8, 4) is 0 Å². The zero-order valence-corrected chi connectivity index (χ0v) is 9.50. The minimum absolute atomic E-state index is 0.193. The minimum Gasteiger partial charge on any atom is -0.336 e. The van der Waals surface area contributed by atoms with Gasteiger partial charge in [-0.3, -0.25) is 10.1 Å². The van der Waals surface area contributed by atoms with Crippen molar-refractivity contribution in [2.24, 2.45) is 0 Å². The summed E-state index contributed by atoms with van der Waals surface area (Å²) in [5, 5.41) is 4.78. The van der Waals surface area contributed by atoms with E-state index < -0.39 is 11.9 Å². The third kappa shape index (κ3) is 3.38. The molecule has 0 saturated heterocycles. The molecule has 0 aromatic carbocycles. The number of carbonyl (C=O) groups excluding carboxylic acids is 2. The van der Waals surface area contributed by atoms with Crippen molar-refractivity contribution < 1.29 is 9.59 Å². The first-order chi connectivity index (χ1) is 6.62. The largest absolute Gasteiger partial charge is 0.336 e. The molecule has 0 aliphatic heterocycles. The Morgan fingerprint density at radius 1 is 1.50 bits per heavy atom. The summed E-state index contributed by atoms with van der Waals surface area (Å²) in [5.74, 6) is -0.667. The van der Waals surface area contributed by atoms with Gasteiger partial charge in [-0.1, -0.05) is 0 Å². The van der Waals surface area contributed by atoms with E-state index in [1.54, 1.807) is 11.8 Å². The molecule has 1 rings (SSSR count). The van der Waals surface area contributed by atoms with Crippen LogP contribution in [0.15, 0.2) is 0 Å². The van der Waals surface area contributed by atoms with E-state index in [9.17, 15) is 9.59 Å². The van der Waals surface area contributed by atoms with Crippen LogP contribution in [-0.2, 0) is 4.79 Å². The number of halogens is 1. The predicted octanol–water partition coefficient (Wildman–Crippen LogP) is 0.947. The Morgan fingerprint density at radius 2 is 2.14 bits per heavy atom. The van der Waals surface area contributed by atoms with Crippen LogP contribution in [0.4, 0.5) is 4.79 Å². The second-order valence-electron chi connectivity index (χ2n) is 3.25. The highest BCUT2D eigenvalue weighted by Gasteiger charge is 2.41. The zero-order chi connectivity index (χ0) is 10.6. The molecular weight excluding hydrogens is 224 g/mol. The van der Waals surface area contributed by atoms with Crippen molar-refractivity contribution >= 4 is 35.3 Å². The molecule has 0 aromatic heterocycles. The van der Waals surface area contributed by atoms with Gasteiger partial charge >= 0.3 is 6.03 Å². The maximum atomic E-state index is 11.1. The van der Waals surface area contributed by atoms with E-state index in [1.165, 1.54) is 0 Å². The zero-order valence-electron chi connectivity index (χ0n) is 7.93. The Morgan fingerprint density at radius 3 is 2.57 bits per heavy atom. The molecule has 0 atom stereocenters. The van der Waals surface area contributed by atoms with Gasteiger partial charge in [-0.05, 0) is 19.1 Å². The fourth-order valence-corrected chi connectivity index (χ4v) is 1.83. The molecule has 0 radical (unpaired) electrons. The van der Waals surface area contributed by atoms with Gasteiger partial charge in [0.25, 0.3) is 0 Å². The summed E-state index contributed by atoms with van der Waals surface area (Å²) in [6, 6.07) is -0.462. The summed E-state index contributed by atoms with van der Waals surface area (Å²) in [6.07, 6.45) is 4.27. The number of carbonyl (C=O) groups is 2. The molecule has 14 heavy (non-hydrogen) atoms. The lowest BCUT2D eigenvalue weighted by Crippen LogP contribution is -2.42. The molecule has 2 N–H and O–H groups in total. The molecule has 1 aliphatic carbocycles. The van der Waals surface area contributed by atoms with Crippen LogP contribution in [0, 0.1) is 0 Å². The molecule has 4 nitrogen and oxygen atoms in total. The number of imide groups is 1. The van der Waals surface area contributed by atoms with E-state index in [0.717, 1.165) is 12.8 Å². The number of amides is 3. The molecule has 0 aromatic rings. The first kappa shape index (κ1) is 11.7. The van der Waals surface area contributed by atoms with Gasteiger partial charge in [0.1, 0.15) is 5.88 Å². The highest BCUT2D eigenvalue weighted by Crippen LogP contribution is 2.46. The quantitative estimate of drug-likeness (QED) is 0.715. The van der Waals surface area contributed by atoms with E-state index in [4.69, 9.17) is 11.6 Å². The Labute approximate surface area is 92.1 Å². The fraction of sp³-hybridized carbons (Fsp3) is 0.750. The highest BCUT2D eigenvalue weighted by atomic mass is 35.5. The maximum Gasteiger partial charge on any atom is 0.321 e. The number of thioether (sulfide) groups is 1. The van der Waals surface area contributed by atoms with E-state index >= 15 is 0 Å². The summed E-state index contributed by atoms with van der Waals surface area (Å²) in [6.45, 7) is 0.607. The van der Waals surface area contributed by atoms with Crippen molar-refractivity contribution in [3.63, 3.8) is 0 Å². The Kier molecular flexibility index (Phi) is 4.07. The van der Waals surface area contributed by atoms with Crippen LogP contribution in [0.3, 0.4) is 0 Å². The fourth-order valence-electron chi connectivity index (χ4n) is 1.04. The minimum atomic E-state index is -0.474. The van der Waals surface area contributed by atoms with Gasteiger partial charge < -0.3 is 5.32 Å². The lowest BCUT2D eigenvalue weighted by Gasteiger charge is -2.12. The number of hydrogen-bond acceptors (Lipinski definition) is 3. The Hall–Kier alpha value is -0.420. The second kappa shape index (κ2) is 4.89. The molecule has 1 saturated carbocycles. The third-order valence-electron chi connectivity index (χ3n) is 2.19. The summed E-state index contributed by atoms with van der Waals surface area (Å²) < 4.78 is 0.210. The van der Waals surface area contributed by atoms with Gasteiger partial charge in [0, 0.05) is 11.3 Å². The van der Waals surface area contributed by atoms with Crippen molar-refractivity contribution in [3.05, 3.63) is 0 Å². The molecule has 1 aliphatic rings. The molecule has 0 bridgehead atoms. The third-order valence-corrected chi connectivity index (χ3v) is 3.85. The van der Waals surface area contributed by atoms with Crippen LogP contribution >= 0.6 is 23.4 Å². The van der Waals surface area contributed by atoms with Crippen molar-refractivity contribution in [2.45, 2.75) is 17.6 Å². The topological polar surface area (TPSA) is 58.2 Å². The standard InChI is InChI=1S/C8H13ClN2O2S/c1-14-8(2-3-8)5-10-7(13)11-6(12)4-9/h2-5H2,1H3,(H2,10,11,12,13). The van der Waals surface area contributed by atoms with E-state index in [2.05, 4.69) is 10.6 Å². The van der Waals surface area contributed by atoms with Crippen LogP contribution in [0.2, 0.25) is 0 Å². The van der Waals surface area contributed by atoms with E-state index in [0.29, 0.717) is 6.54 Å². The lowest BCUT2D eigenvalue weighted by molar-refractivity contribution is -0.117. The summed E-state index contributed by atoms with van der Waals surface area (Å²) in [4.78, 5) is 21.8. The second-order valence-corrected chi connectivity index (χ2v) is 4.79. The molecule has 1 fully saturated rings. The number of nitrogens with one attached hydrogen (secondary N) is 2. The average Bonchev–Trinajstić information content (AvgIpc) is 2.95. The van der Waals surface area contributed by atoms with Crippen LogP contribution in [0.25, 0.3) is 0 Å². The molecular formula is C8H13ClN2O2S. The number of urea groups is 1. The Bertz CT molecular complexity index is 243. The van der Waals surface area contributed by atoms with Crippen LogP contribution in [0.5, 0.6) is 0 Å². The predicted molar refractivity (Wildman–Crippen MR) is 57.7 cm³/mol. The normalized spacial score (nSPS) is 17.3. The van der Waals surface area contributed by atoms with Crippen molar-refractivity contribution in [1.82, 2.24) is 10.6 Å². The average molecular weight is 237 g/mol. The van der Waals surface area contributed by atoms with Crippen molar-refractivity contribution in [2.75, 3.05) is 18.7 Å². The smallest absolute Gasteiger partial charge is 0.321 e. The number of rotatable bonds is 4.